The Morgan fingerprint density at radius 2 is 2.00 bits per heavy atom. The van der Waals surface area contributed by atoms with Crippen LogP contribution in [-0.2, 0) is 13.2 Å². The summed E-state index contributed by atoms with van der Waals surface area (Å²) in [6, 6.07) is 7.96. The zero-order valence-electron chi connectivity index (χ0n) is 14.0. The number of nitrogens with one attached hydrogen (secondary N) is 1. The van der Waals surface area contributed by atoms with Crippen molar-refractivity contribution in [3.05, 3.63) is 57.3 Å². The zero-order valence-corrected chi connectivity index (χ0v) is 15.5. The number of halogens is 3. The number of rotatable bonds is 8. The van der Waals surface area contributed by atoms with Gasteiger partial charge in [-0.3, -0.25) is 0 Å². The van der Waals surface area contributed by atoms with E-state index in [0.29, 0.717) is 29.6 Å². The fourth-order valence-electron chi connectivity index (χ4n) is 2.26. The molecule has 0 aliphatic carbocycles. The van der Waals surface area contributed by atoms with E-state index in [1.807, 2.05) is 0 Å². The molecule has 0 amide bonds. The van der Waals surface area contributed by atoms with Crippen LogP contribution in [0, 0.1) is 5.82 Å². The Morgan fingerprint density at radius 1 is 1.24 bits per heavy atom. The third-order valence-corrected chi connectivity index (χ3v) is 4.12. The van der Waals surface area contributed by atoms with Gasteiger partial charge in [-0.05, 0) is 36.8 Å². The van der Waals surface area contributed by atoms with Gasteiger partial charge >= 0.3 is 0 Å². The smallest absolute Gasteiger partial charge is 0.180 e. The predicted molar refractivity (Wildman–Crippen MR) is 97.1 cm³/mol. The summed E-state index contributed by atoms with van der Waals surface area (Å²) < 4.78 is 24.8. The first-order chi connectivity index (χ1) is 11.9. The molecule has 0 fully saturated rings. The quantitative estimate of drug-likeness (QED) is 0.712. The molecule has 0 saturated carbocycles. The summed E-state index contributed by atoms with van der Waals surface area (Å²) in [7, 11) is 1.50. The molecule has 0 aliphatic heterocycles. The van der Waals surface area contributed by atoms with Gasteiger partial charge in [-0.2, -0.15) is 0 Å². The lowest BCUT2D eigenvalue weighted by Crippen LogP contribution is -2.23. The maximum Gasteiger partial charge on any atom is 0.180 e. The van der Waals surface area contributed by atoms with Crippen LogP contribution in [0.25, 0.3) is 0 Å². The number of methoxy groups -OCH3 is 1. The minimum absolute atomic E-state index is 0.0682. The van der Waals surface area contributed by atoms with Gasteiger partial charge in [-0.25, -0.2) is 4.39 Å². The second kappa shape index (κ2) is 9.25. The fourth-order valence-corrected chi connectivity index (χ4v) is 2.76. The summed E-state index contributed by atoms with van der Waals surface area (Å²) in [5, 5.41) is 13.0. The number of hydrogen-bond acceptors (Lipinski definition) is 4. The van der Waals surface area contributed by atoms with Crippen molar-refractivity contribution in [3.63, 3.8) is 0 Å². The van der Waals surface area contributed by atoms with Crippen LogP contribution >= 0.6 is 23.2 Å². The summed E-state index contributed by atoms with van der Waals surface area (Å²) in [6.45, 7) is 2.61. The number of benzene rings is 2. The first-order valence-electron chi connectivity index (χ1n) is 7.73. The van der Waals surface area contributed by atoms with E-state index in [-0.39, 0.29) is 17.2 Å². The largest absolute Gasteiger partial charge is 0.493 e. The molecule has 0 spiro atoms. The van der Waals surface area contributed by atoms with E-state index < -0.39 is 11.9 Å². The molecule has 0 aliphatic rings. The van der Waals surface area contributed by atoms with Crippen molar-refractivity contribution in [3.8, 4) is 11.5 Å². The Balaban J connectivity index is 2.15. The second-order valence-corrected chi connectivity index (χ2v) is 6.39. The molecule has 2 aromatic rings. The molecule has 0 unspecified atom stereocenters. The normalized spacial score (nSPS) is 12.1. The summed E-state index contributed by atoms with van der Waals surface area (Å²) in [5.41, 5.74) is 1.13. The van der Waals surface area contributed by atoms with E-state index in [1.54, 1.807) is 25.1 Å². The molecule has 2 aromatic carbocycles. The lowest BCUT2D eigenvalue weighted by molar-refractivity contribution is 0.191. The van der Waals surface area contributed by atoms with Crippen molar-refractivity contribution in [2.75, 3.05) is 13.7 Å². The van der Waals surface area contributed by atoms with Crippen LogP contribution in [0.4, 0.5) is 4.39 Å². The lowest BCUT2D eigenvalue weighted by Gasteiger charge is -2.15. The predicted octanol–water partition coefficient (Wildman–Crippen LogP) is 4.19. The van der Waals surface area contributed by atoms with Crippen molar-refractivity contribution >= 4 is 23.2 Å². The van der Waals surface area contributed by atoms with E-state index in [4.69, 9.17) is 32.7 Å². The maximum absolute atomic E-state index is 13.8. The molecule has 1 atom stereocenters. The van der Waals surface area contributed by atoms with Crippen molar-refractivity contribution in [1.82, 2.24) is 5.32 Å². The van der Waals surface area contributed by atoms with Crippen molar-refractivity contribution in [2.45, 2.75) is 26.2 Å². The van der Waals surface area contributed by atoms with Gasteiger partial charge in [0.15, 0.2) is 11.5 Å². The van der Waals surface area contributed by atoms with E-state index in [2.05, 4.69) is 5.32 Å². The fraction of sp³-hybridized carbons (Fsp3) is 0.333. The Bertz CT molecular complexity index is 705. The van der Waals surface area contributed by atoms with E-state index in [0.717, 1.165) is 5.56 Å². The van der Waals surface area contributed by atoms with E-state index in [1.165, 1.54) is 19.2 Å². The van der Waals surface area contributed by atoms with Gasteiger partial charge in [0, 0.05) is 18.7 Å². The topological polar surface area (TPSA) is 50.7 Å². The highest BCUT2D eigenvalue weighted by molar-refractivity contribution is 6.32. The molecule has 0 radical (unpaired) electrons. The van der Waals surface area contributed by atoms with Gasteiger partial charge in [0.25, 0.3) is 0 Å². The van der Waals surface area contributed by atoms with Crippen LogP contribution in [0.2, 0.25) is 10.0 Å². The maximum atomic E-state index is 13.8. The molecule has 0 aromatic heterocycles. The molecule has 0 heterocycles. The molecule has 4 nitrogen and oxygen atoms in total. The van der Waals surface area contributed by atoms with Crippen LogP contribution in [0.15, 0.2) is 30.3 Å². The van der Waals surface area contributed by atoms with Gasteiger partial charge in [0.05, 0.1) is 23.3 Å². The number of hydrogen-bond donors (Lipinski definition) is 2. The van der Waals surface area contributed by atoms with Crippen LogP contribution < -0.4 is 14.8 Å². The monoisotopic (exact) mass is 387 g/mol. The minimum atomic E-state index is -0.443. The summed E-state index contributed by atoms with van der Waals surface area (Å²) in [4.78, 5) is 0. The Kier molecular flexibility index (Phi) is 7.32. The highest BCUT2D eigenvalue weighted by Gasteiger charge is 2.15. The number of aliphatic hydroxyl groups is 1. The molecule has 136 valence electrons. The lowest BCUT2D eigenvalue weighted by atomic mass is 10.2. The van der Waals surface area contributed by atoms with Gasteiger partial charge < -0.3 is 19.9 Å². The van der Waals surface area contributed by atoms with Gasteiger partial charge in [0.2, 0.25) is 0 Å². The van der Waals surface area contributed by atoms with E-state index in [9.17, 15) is 9.50 Å². The van der Waals surface area contributed by atoms with Crippen LogP contribution in [0.1, 0.15) is 18.1 Å². The van der Waals surface area contributed by atoms with Crippen LogP contribution in [0.3, 0.4) is 0 Å². The first kappa shape index (κ1) is 19.8. The number of ether oxygens (including phenoxy) is 2. The SMILES string of the molecule is COc1cc(CNC[C@@H](C)O)cc(Cl)c1OCc1c(F)cccc1Cl. The second-order valence-electron chi connectivity index (χ2n) is 5.58. The standard InChI is InChI=1S/C18H20Cl2FNO3/c1-11(23)8-22-9-12-6-15(20)18(17(7-12)24-2)25-10-13-14(19)4-3-5-16(13)21/h3-7,11,22-23H,8-10H2,1-2H3/t11-/m1/s1. The van der Waals surface area contributed by atoms with Crippen molar-refractivity contribution in [2.24, 2.45) is 0 Å². The van der Waals surface area contributed by atoms with Crippen molar-refractivity contribution < 1.29 is 19.0 Å². The van der Waals surface area contributed by atoms with Crippen molar-refractivity contribution in [1.29, 1.82) is 0 Å². The highest BCUT2D eigenvalue weighted by atomic mass is 35.5. The summed E-state index contributed by atoms with van der Waals surface area (Å²) in [5.74, 6) is 0.318. The third kappa shape index (κ3) is 5.47. The van der Waals surface area contributed by atoms with Crippen LogP contribution in [-0.4, -0.2) is 24.9 Å². The molecule has 0 saturated heterocycles. The van der Waals surface area contributed by atoms with Gasteiger partial charge in [-0.15, -0.1) is 0 Å². The molecular formula is C18H20Cl2FNO3. The Hall–Kier alpha value is -1.53. The van der Waals surface area contributed by atoms with Gasteiger partial charge in [-0.1, -0.05) is 29.3 Å². The number of aliphatic hydroxyl groups excluding tert-OH is 1. The summed E-state index contributed by atoms with van der Waals surface area (Å²) >= 11 is 12.3. The molecule has 2 N–H and O–H groups in total. The first-order valence-corrected chi connectivity index (χ1v) is 8.48. The Labute approximate surface area is 156 Å². The highest BCUT2D eigenvalue weighted by Crippen LogP contribution is 2.37. The minimum Gasteiger partial charge on any atom is -0.493 e. The zero-order chi connectivity index (χ0) is 18.4. The molecule has 0 bridgehead atoms. The van der Waals surface area contributed by atoms with E-state index >= 15 is 0 Å². The molecule has 2 rings (SSSR count). The average Bonchev–Trinajstić information content (AvgIpc) is 2.55. The molecule has 25 heavy (non-hydrogen) atoms. The third-order valence-electron chi connectivity index (χ3n) is 3.48. The van der Waals surface area contributed by atoms with Gasteiger partial charge in [0.1, 0.15) is 12.4 Å². The van der Waals surface area contributed by atoms with Crippen LogP contribution in [0.5, 0.6) is 11.5 Å². The molecule has 7 heteroatoms. The Morgan fingerprint density at radius 3 is 2.64 bits per heavy atom. The average molecular weight is 388 g/mol. The molecular weight excluding hydrogens is 368 g/mol. The summed E-state index contributed by atoms with van der Waals surface area (Å²) in [6.07, 6.45) is -0.439.